The first-order valence-electron chi connectivity index (χ1n) is 19.0. The molecular weight excluding hydrogens is 829 g/mol. The predicted molar refractivity (Wildman–Crippen MR) is 227 cm³/mol. The molecule has 0 unspecified atom stereocenters. The maximum Gasteiger partial charge on any atom is 0.231 e. The summed E-state index contributed by atoms with van der Waals surface area (Å²) in [5, 5.41) is 17.1. The Balaban J connectivity index is 1.04. The van der Waals surface area contributed by atoms with Gasteiger partial charge in [-0.1, -0.05) is 83.9 Å². The number of hydrogen-bond acceptors (Lipinski definition) is 9. The summed E-state index contributed by atoms with van der Waals surface area (Å²) in [6.45, 7) is 2.95. The van der Waals surface area contributed by atoms with Gasteiger partial charge in [0.05, 0.1) is 20.2 Å². The van der Waals surface area contributed by atoms with Gasteiger partial charge in [-0.15, -0.1) is 0 Å². The lowest BCUT2D eigenvalue weighted by atomic mass is 9.97. The zero-order chi connectivity index (χ0) is 39.7. The summed E-state index contributed by atoms with van der Waals surface area (Å²) in [6.07, 6.45) is 6.32. The van der Waals surface area contributed by atoms with E-state index in [1.165, 1.54) is 0 Å². The van der Waals surface area contributed by atoms with Crippen LogP contribution in [-0.2, 0) is 35.9 Å². The van der Waals surface area contributed by atoms with E-state index in [1.807, 2.05) is 55.6 Å². The molecule has 11 nitrogen and oxygen atoms in total. The largest absolute Gasteiger partial charge is 0.472 e. The second-order valence-corrected chi connectivity index (χ2v) is 15.8. The van der Waals surface area contributed by atoms with E-state index >= 15 is 0 Å². The van der Waals surface area contributed by atoms with Gasteiger partial charge < -0.3 is 36.1 Å². The van der Waals surface area contributed by atoms with Gasteiger partial charge in [-0.05, 0) is 52.0 Å². The molecule has 14 heteroatoms. The average Bonchev–Trinajstić information content (AvgIpc) is 3.84. The number of nitrogens with one attached hydrogen (secondary N) is 5. The van der Waals surface area contributed by atoms with Crippen LogP contribution in [0.5, 0.6) is 11.8 Å². The van der Waals surface area contributed by atoms with Crippen LogP contribution in [-0.4, -0.2) is 54.0 Å². The third-order valence-electron chi connectivity index (χ3n) is 10.0. The number of ether oxygens (including phenoxy) is 2. The average molecular weight is 874 g/mol. The van der Waals surface area contributed by atoms with Crippen molar-refractivity contribution in [3.05, 3.63) is 122 Å². The molecule has 5 aromatic rings. The molecule has 5 N–H and O–H groups in total. The minimum Gasteiger partial charge on any atom is -0.472 e. The van der Waals surface area contributed by atoms with E-state index in [4.69, 9.17) is 37.7 Å². The van der Waals surface area contributed by atoms with E-state index in [0.717, 1.165) is 69.6 Å². The van der Waals surface area contributed by atoms with Crippen molar-refractivity contribution in [2.24, 2.45) is 0 Å². The Hall–Kier alpha value is -4.72. The molecule has 4 heterocycles. The molecule has 2 saturated heterocycles. The third-order valence-corrected chi connectivity index (χ3v) is 11.5. The van der Waals surface area contributed by atoms with E-state index in [2.05, 4.69) is 71.8 Å². The minimum atomic E-state index is 0.0799. The molecule has 3 aromatic carbocycles. The Bertz CT molecular complexity index is 2230. The summed E-state index contributed by atoms with van der Waals surface area (Å²) in [5.74, 6) is 0.970. The molecule has 2 aromatic heterocycles. The van der Waals surface area contributed by atoms with Crippen molar-refractivity contribution in [2.45, 2.75) is 64.1 Å². The van der Waals surface area contributed by atoms with Crippen LogP contribution in [0.3, 0.4) is 0 Å². The van der Waals surface area contributed by atoms with E-state index in [0.29, 0.717) is 58.8 Å². The number of anilines is 1. The number of nitrogens with zero attached hydrogens (tertiary/aromatic N) is 2. The highest BCUT2D eigenvalue weighted by atomic mass is 79.9. The van der Waals surface area contributed by atoms with Crippen LogP contribution < -0.4 is 36.1 Å². The fourth-order valence-electron chi connectivity index (χ4n) is 6.94. The van der Waals surface area contributed by atoms with Gasteiger partial charge in [0.25, 0.3) is 0 Å². The number of aromatic nitrogens is 2. The maximum absolute atomic E-state index is 11.7. The van der Waals surface area contributed by atoms with Crippen molar-refractivity contribution in [3.8, 4) is 34.0 Å². The molecule has 2 aliphatic heterocycles. The molecule has 2 fully saturated rings. The summed E-state index contributed by atoms with van der Waals surface area (Å²) >= 11 is 17.9. The van der Waals surface area contributed by atoms with Gasteiger partial charge in [-0.25, -0.2) is 0 Å². The van der Waals surface area contributed by atoms with Crippen molar-refractivity contribution in [1.82, 2.24) is 31.2 Å². The number of carbonyl (C=O) groups is 2. The van der Waals surface area contributed by atoms with Crippen LogP contribution in [0.2, 0.25) is 10.0 Å². The van der Waals surface area contributed by atoms with Crippen molar-refractivity contribution < 1.29 is 19.1 Å². The molecule has 0 spiro atoms. The standard InChI is InChI=1S/C43H44BrCl2N7O4/c1-47-33-16-27(19-49-23-33)24-56-42-30(20-50-22-32-13-15-39(55)52-32)17-37(44)43(53-42)57-25-29-4-2-6-35(40(29)45)36-7-3-5-34(41(36)46)28-10-8-26(9-11-28)18-48-21-31-12-14-38(54)51-31/h2-11,16-17,19,23,31-32,47-48,50H,12-15,18,20-22,24-25H2,1H3,(H,51,54)(H,52,55)/t31-,32-/m0/s1. The number of rotatable bonds is 17. The van der Waals surface area contributed by atoms with Gasteiger partial charge in [0.1, 0.15) is 13.2 Å². The van der Waals surface area contributed by atoms with Gasteiger partial charge in [0.2, 0.25) is 23.6 Å². The van der Waals surface area contributed by atoms with Gasteiger partial charge in [0.15, 0.2) is 0 Å². The second-order valence-electron chi connectivity index (χ2n) is 14.2. The summed E-state index contributed by atoms with van der Waals surface area (Å²) in [6, 6.07) is 24.3. The van der Waals surface area contributed by atoms with Crippen LogP contribution >= 0.6 is 39.1 Å². The minimum absolute atomic E-state index is 0.0799. The highest BCUT2D eigenvalue weighted by molar-refractivity contribution is 9.10. The first kappa shape index (κ1) is 40.5. The first-order valence-corrected chi connectivity index (χ1v) is 20.5. The van der Waals surface area contributed by atoms with Crippen LogP contribution in [0.1, 0.15) is 47.9 Å². The Morgan fingerprint density at radius 3 is 2.07 bits per heavy atom. The Labute approximate surface area is 350 Å². The lowest BCUT2D eigenvalue weighted by molar-refractivity contribution is -0.120. The van der Waals surface area contributed by atoms with Crippen molar-refractivity contribution in [1.29, 1.82) is 0 Å². The van der Waals surface area contributed by atoms with Crippen LogP contribution in [0.15, 0.2) is 89.7 Å². The molecule has 57 heavy (non-hydrogen) atoms. The van der Waals surface area contributed by atoms with Crippen LogP contribution in [0.25, 0.3) is 22.3 Å². The Morgan fingerprint density at radius 1 is 0.737 bits per heavy atom. The van der Waals surface area contributed by atoms with Crippen molar-refractivity contribution >= 4 is 56.6 Å². The molecule has 7 rings (SSSR count). The SMILES string of the molecule is CNc1cncc(COc2nc(OCc3cccc(-c4cccc(-c5ccc(CNC[C@@H]6CCC(=O)N6)cc5)c4Cl)c3Cl)c(Br)cc2CNC[C@@H]2CCC(=O)N2)c1. The Kier molecular flexibility index (Phi) is 13.6. The van der Waals surface area contributed by atoms with Gasteiger partial charge in [-0.3, -0.25) is 14.6 Å². The highest BCUT2D eigenvalue weighted by Crippen LogP contribution is 2.41. The van der Waals surface area contributed by atoms with E-state index in [9.17, 15) is 9.59 Å². The molecule has 2 amide bonds. The molecule has 2 aliphatic rings. The van der Waals surface area contributed by atoms with Crippen molar-refractivity contribution in [3.63, 3.8) is 0 Å². The molecule has 0 saturated carbocycles. The van der Waals surface area contributed by atoms with Gasteiger partial charge in [0, 0.05) is 104 Å². The predicted octanol–water partition coefficient (Wildman–Crippen LogP) is 7.82. The second kappa shape index (κ2) is 19.1. The Morgan fingerprint density at radius 2 is 1.39 bits per heavy atom. The monoisotopic (exact) mass is 871 g/mol. The summed E-state index contributed by atoms with van der Waals surface area (Å²) < 4.78 is 13.2. The van der Waals surface area contributed by atoms with E-state index in [-0.39, 0.29) is 37.1 Å². The molecular formula is C43H44BrCl2N7O4. The molecule has 0 bridgehead atoms. The zero-order valence-electron chi connectivity index (χ0n) is 31.5. The zero-order valence-corrected chi connectivity index (χ0v) is 34.6. The quantitative estimate of drug-likeness (QED) is 0.0634. The smallest absolute Gasteiger partial charge is 0.231 e. The first-order chi connectivity index (χ1) is 27.7. The number of amides is 2. The van der Waals surface area contributed by atoms with Gasteiger partial charge in [-0.2, -0.15) is 4.98 Å². The lowest BCUT2D eigenvalue weighted by Gasteiger charge is -2.17. The lowest BCUT2D eigenvalue weighted by Crippen LogP contribution is -2.35. The fourth-order valence-corrected chi connectivity index (χ4v) is 8.04. The summed E-state index contributed by atoms with van der Waals surface area (Å²) in [5.41, 5.74) is 7.99. The molecule has 2 atom stereocenters. The maximum atomic E-state index is 11.7. The van der Waals surface area contributed by atoms with Crippen molar-refractivity contribution in [2.75, 3.05) is 25.5 Å². The molecule has 0 aliphatic carbocycles. The van der Waals surface area contributed by atoms with E-state index in [1.54, 1.807) is 12.4 Å². The number of hydrogen-bond donors (Lipinski definition) is 5. The normalized spacial score (nSPS) is 16.4. The third kappa shape index (κ3) is 10.4. The number of benzene rings is 3. The fraction of sp³-hybridized carbons (Fsp3) is 0.302. The summed E-state index contributed by atoms with van der Waals surface area (Å²) in [7, 11) is 1.84. The topological polar surface area (TPSA) is 139 Å². The highest BCUT2D eigenvalue weighted by Gasteiger charge is 2.22. The van der Waals surface area contributed by atoms with Crippen LogP contribution in [0.4, 0.5) is 5.69 Å². The molecule has 0 radical (unpaired) electrons. The number of carbonyl (C=O) groups excluding carboxylic acids is 2. The van der Waals surface area contributed by atoms with Gasteiger partial charge >= 0.3 is 0 Å². The van der Waals surface area contributed by atoms with Crippen LogP contribution in [0, 0.1) is 0 Å². The number of pyridine rings is 2. The summed E-state index contributed by atoms with van der Waals surface area (Å²) in [4.78, 5) is 32.3. The van der Waals surface area contributed by atoms with E-state index < -0.39 is 0 Å². The molecule has 296 valence electrons. The number of halogens is 3.